The van der Waals surface area contributed by atoms with Crippen molar-refractivity contribution in [2.24, 2.45) is 5.10 Å². The van der Waals surface area contributed by atoms with E-state index in [9.17, 15) is 9.59 Å². The first-order valence-corrected chi connectivity index (χ1v) is 10.7. The highest BCUT2D eigenvalue weighted by molar-refractivity contribution is 8.16. The van der Waals surface area contributed by atoms with Crippen LogP contribution in [0.1, 0.15) is 21.5 Å². The summed E-state index contributed by atoms with van der Waals surface area (Å²) in [6.07, 6.45) is 0. The van der Waals surface area contributed by atoms with Crippen LogP contribution in [-0.4, -0.2) is 24.0 Å². The van der Waals surface area contributed by atoms with E-state index in [1.54, 1.807) is 43.5 Å². The molecular formula is C23H16ClN3O3S. The van der Waals surface area contributed by atoms with Crippen molar-refractivity contribution >= 4 is 45.9 Å². The van der Waals surface area contributed by atoms with Gasteiger partial charge >= 0.3 is 0 Å². The Bertz CT molecular complexity index is 1230. The zero-order valence-electron chi connectivity index (χ0n) is 16.3. The van der Waals surface area contributed by atoms with Crippen LogP contribution < -0.4 is 15.1 Å². The van der Waals surface area contributed by atoms with Crippen molar-refractivity contribution in [1.29, 1.82) is 0 Å². The number of imide groups is 1. The molecule has 6 nitrogen and oxygen atoms in total. The highest BCUT2D eigenvalue weighted by atomic mass is 35.5. The topological polar surface area (TPSA) is 71.0 Å². The number of ether oxygens (including phenoxy) is 1. The van der Waals surface area contributed by atoms with Crippen LogP contribution in [0, 0.1) is 0 Å². The molecule has 5 rings (SSSR count). The molecule has 8 heteroatoms. The van der Waals surface area contributed by atoms with Crippen LogP contribution in [0.15, 0.2) is 77.9 Å². The number of para-hydroxylation sites is 1. The molecular weight excluding hydrogens is 434 g/mol. The Morgan fingerprint density at radius 3 is 2.48 bits per heavy atom. The molecule has 0 bridgehead atoms. The summed E-state index contributed by atoms with van der Waals surface area (Å²) in [6, 6.07) is 21.2. The number of thioether (sulfide) groups is 1. The molecule has 2 aliphatic heterocycles. The largest absolute Gasteiger partial charge is 0.497 e. The third kappa shape index (κ3) is 3.08. The molecule has 0 saturated carbocycles. The third-order valence-electron chi connectivity index (χ3n) is 5.22. The van der Waals surface area contributed by atoms with E-state index in [0.29, 0.717) is 26.9 Å². The maximum Gasteiger partial charge on any atom is 0.276 e. The van der Waals surface area contributed by atoms with E-state index in [0.717, 1.165) is 11.3 Å². The maximum atomic E-state index is 13.6. The van der Waals surface area contributed by atoms with E-state index in [4.69, 9.17) is 16.3 Å². The number of nitrogens with zero attached hydrogens (tertiary/aromatic N) is 2. The van der Waals surface area contributed by atoms with Gasteiger partial charge in [-0.05, 0) is 54.6 Å². The highest BCUT2D eigenvalue weighted by Gasteiger charge is 2.57. The van der Waals surface area contributed by atoms with Gasteiger partial charge in [-0.3, -0.25) is 15.0 Å². The smallest absolute Gasteiger partial charge is 0.276 e. The Morgan fingerprint density at radius 2 is 1.77 bits per heavy atom. The van der Waals surface area contributed by atoms with Crippen LogP contribution >= 0.6 is 23.4 Å². The Morgan fingerprint density at radius 1 is 1.06 bits per heavy atom. The number of carbonyl (C=O) groups excluding carboxylic acids is 2. The van der Waals surface area contributed by atoms with Crippen LogP contribution in [-0.2, 0) is 9.67 Å². The minimum atomic E-state index is -1.20. The van der Waals surface area contributed by atoms with Gasteiger partial charge < -0.3 is 4.74 Å². The van der Waals surface area contributed by atoms with E-state index in [1.807, 2.05) is 36.4 Å². The molecule has 0 aliphatic carbocycles. The SMILES string of the molecule is COc1ccc(C2=NNC3(S2)C(=O)N(C(=O)c2ccc(Cl)cc2)c2ccccc23)cc1. The second-order valence-electron chi connectivity index (χ2n) is 7.01. The van der Waals surface area contributed by atoms with E-state index in [-0.39, 0.29) is 5.91 Å². The molecule has 3 aromatic rings. The van der Waals surface area contributed by atoms with E-state index < -0.39 is 10.8 Å². The minimum Gasteiger partial charge on any atom is -0.497 e. The molecule has 1 atom stereocenters. The van der Waals surface area contributed by atoms with Crippen molar-refractivity contribution in [1.82, 2.24) is 5.43 Å². The zero-order chi connectivity index (χ0) is 21.6. The second-order valence-corrected chi connectivity index (χ2v) is 8.65. The van der Waals surface area contributed by atoms with Gasteiger partial charge in [0.2, 0.25) is 4.87 Å². The molecule has 1 unspecified atom stereocenters. The lowest BCUT2D eigenvalue weighted by atomic mass is 10.1. The Balaban J connectivity index is 1.51. The predicted molar refractivity (Wildman–Crippen MR) is 122 cm³/mol. The number of amides is 2. The highest BCUT2D eigenvalue weighted by Crippen LogP contribution is 2.51. The molecule has 1 N–H and O–H groups in total. The summed E-state index contributed by atoms with van der Waals surface area (Å²) in [5.74, 6) is -0.0609. The number of anilines is 1. The summed E-state index contributed by atoms with van der Waals surface area (Å²) in [7, 11) is 1.60. The number of carbonyl (C=O) groups is 2. The third-order valence-corrected chi connectivity index (χ3v) is 6.79. The fourth-order valence-electron chi connectivity index (χ4n) is 3.66. The van der Waals surface area contributed by atoms with Gasteiger partial charge in [-0.2, -0.15) is 5.10 Å². The van der Waals surface area contributed by atoms with E-state index in [1.165, 1.54) is 16.7 Å². The molecule has 0 fully saturated rings. The molecule has 154 valence electrons. The molecule has 2 amide bonds. The first kappa shape index (κ1) is 19.7. The van der Waals surface area contributed by atoms with Gasteiger partial charge in [0.25, 0.3) is 11.8 Å². The van der Waals surface area contributed by atoms with Crippen molar-refractivity contribution in [3.63, 3.8) is 0 Å². The van der Waals surface area contributed by atoms with Gasteiger partial charge in [-0.1, -0.05) is 41.6 Å². The first-order chi connectivity index (χ1) is 15.0. The van der Waals surface area contributed by atoms with Gasteiger partial charge in [0, 0.05) is 21.7 Å². The average Bonchev–Trinajstić information content (AvgIpc) is 3.35. The standard InChI is InChI=1S/C23H16ClN3O3S/c1-30-17-12-8-14(9-13-17)20-25-26-23(31-20)18-4-2-3-5-19(18)27(22(23)29)21(28)15-6-10-16(24)11-7-15/h2-13,26H,1H3. The number of hydrogen-bond donors (Lipinski definition) is 1. The molecule has 1 spiro atoms. The lowest BCUT2D eigenvalue weighted by Gasteiger charge is -2.22. The van der Waals surface area contributed by atoms with Crippen LogP contribution in [0.3, 0.4) is 0 Å². The Labute approximate surface area is 187 Å². The van der Waals surface area contributed by atoms with E-state index in [2.05, 4.69) is 10.5 Å². The van der Waals surface area contributed by atoms with Crippen LogP contribution in [0.2, 0.25) is 5.02 Å². The van der Waals surface area contributed by atoms with Gasteiger partial charge in [0.1, 0.15) is 10.8 Å². The quantitative estimate of drug-likeness (QED) is 0.600. The number of halogens is 1. The molecule has 0 radical (unpaired) electrons. The summed E-state index contributed by atoms with van der Waals surface area (Å²) in [5.41, 5.74) is 5.48. The fourth-order valence-corrected chi connectivity index (χ4v) is 4.97. The summed E-state index contributed by atoms with van der Waals surface area (Å²) >= 11 is 7.24. The number of rotatable bonds is 3. The Hall–Kier alpha value is -3.29. The normalized spacial score (nSPS) is 19.2. The van der Waals surface area contributed by atoms with Gasteiger partial charge in [-0.25, -0.2) is 4.90 Å². The summed E-state index contributed by atoms with van der Waals surface area (Å²) in [4.78, 5) is 26.9. The van der Waals surface area contributed by atoms with Crippen molar-refractivity contribution in [3.05, 3.63) is 94.5 Å². The van der Waals surface area contributed by atoms with Gasteiger partial charge in [0.05, 0.1) is 12.8 Å². The Kier molecular flexibility index (Phi) is 4.72. The average molecular weight is 450 g/mol. The van der Waals surface area contributed by atoms with Crippen molar-refractivity contribution in [2.45, 2.75) is 4.87 Å². The molecule has 2 aliphatic rings. The maximum absolute atomic E-state index is 13.6. The number of benzene rings is 3. The number of nitrogens with one attached hydrogen (secondary N) is 1. The van der Waals surface area contributed by atoms with Crippen LogP contribution in [0.25, 0.3) is 0 Å². The monoisotopic (exact) mass is 449 g/mol. The fraction of sp³-hybridized carbons (Fsp3) is 0.0870. The number of hydrogen-bond acceptors (Lipinski definition) is 6. The molecule has 2 heterocycles. The number of fused-ring (bicyclic) bond motifs is 2. The van der Waals surface area contributed by atoms with Crippen LogP contribution in [0.5, 0.6) is 5.75 Å². The summed E-state index contributed by atoms with van der Waals surface area (Å²) in [5, 5.41) is 5.62. The lowest BCUT2D eigenvalue weighted by molar-refractivity contribution is -0.120. The van der Waals surface area contributed by atoms with Crippen LogP contribution in [0.4, 0.5) is 5.69 Å². The predicted octanol–water partition coefficient (Wildman–Crippen LogP) is 4.39. The lowest BCUT2D eigenvalue weighted by Crippen LogP contribution is -2.46. The molecule has 0 saturated heterocycles. The van der Waals surface area contributed by atoms with E-state index >= 15 is 0 Å². The first-order valence-electron chi connectivity index (χ1n) is 9.46. The summed E-state index contributed by atoms with van der Waals surface area (Å²) in [6.45, 7) is 0. The van der Waals surface area contributed by atoms with Crippen molar-refractivity contribution in [3.8, 4) is 5.75 Å². The van der Waals surface area contributed by atoms with Gasteiger partial charge in [0.15, 0.2) is 0 Å². The second kappa shape index (κ2) is 7.44. The molecule has 0 aromatic heterocycles. The number of hydrazone groups is 1. The zero-order valence-corrected chi connectivity index (χ0v) is 17.9. The van der Waals surface area contributed by atoms with Gasteiger partial charge in [-0.15, -0.1) is 0 Å². The molecule has 3 aromatic carbocycles. The number of methoxy groups -OCH3 is 1. The molecule has 31 heavy (non-hydrogen) atoms. The minimum absolute atomic E-state index is 0.379. The van der Waals surface area contributed by atoms with Crippen molar-refractivity contribution < 1.29 is 14.3 Å². The summed E-state index contributed by atoms with van der Waals surface area (Å²) < 4.78 is 5.21. The van der Waals surface area contributed by atoms with Crippen molar-refractivity contribution in [2.75, 3.05) is 12.0 Å².